The number of sulfonamides is 1. The Balaban J connectivity index is 2.78. The van der Waals surface area contributed by atoms with Crippen molar-refractivity contribution in [1.29, 1.82) is 0 Å². The molecule has 1 unspecified atom stereocenters. The molecule has 19 heavy (non-hydrogen) atoms. The molecule has 8 heteroatoms. The van der Waals surface area contributed by atoms with E-state index in [-0.39, 0.29) is 18.0 Å². The van der Waals surface area contributed by atoms with E-state index in [0.29, 0.717) is 11.4 Å². The Kier molecular flexibility index (Phi) is 5.55. The smallest absolute Gasteiger partial charge is 0.240 e. The molecular weight excluding hydrogens is 270 g/mol. The monoisotopic (exact) mass is 289 g/mol. The molecule has 0 aromatic heterocycles. The first-order chi connectivity index (χ1) is 8.90. The Morgan fingerprint density at radius 3 is 2.68 bits per heavy atom. The third-order valence-corrected chi connectivity index (χ3v) is 3.90. The summed E-state index contributed by atoms with van der Waals surface area (Å²) in [6.45, 7) is 0.468. The Bertz CT molecular complexity index is 519. The first kappa shape index (κ1) is 15.7. The van der Waals surface area contributed by atoms with Gasteiger partial charge in [0.25, 0.3) is 0 Å². The molecule has 0 fully saturated rings. The third-order valence-electron chi connectivity index (χ3n) is 2.49. The van der Waals surface area contributed by atoms with Crippen LogP contribution in [0.25, 0.3) is 0 Å². The van der Waals surface area contributed by atoms with Crippen LogP contribution in [0, 0.1) is 0 Å². The van der Waals surface area contributed by atoms with E-state index < -0.39 is 16.1 Å². The molecule has 5 N–H and O–H groups in total. The Morgan fingerprint density at radius 2 is 2.16 bits per heavy atom. The first-order valence-electron chi connectivity index (χ1n) is 5.64. The fraction of sp³-hybridized carbons (Fsp3) is 0.455. The summed E-state index contributed by atoms with van der Waals surface area (Å²) in [7, 11) is -0.677. The molecule has 0 aliphatic carbocycles. The summed E-state index contributed by atoms with van der Waals surface area (Å²) in [5.41, 5.74) is 6.62. The highest BCUT2D eigenvalue weighted by Gasteiger charge is 2.13. The maximum atomic E-state index is 11.6. The predicted octanol–water partition coefficient (Wildman–Crippen LogP) is -0.404. The minimum absolute atomic E-state index is 0.0930. The van der Waals surface area contributed by atoms with Crippen LogP contribution in [0.4, 0.5) is 11.4 Å². The second-order valence-electron chi connectivity index (χ2n) is 3.95. The maximum Gasteiger partial charge on any atom is 0.240 e. The van der Waals surface area contributed by atoms with E-state index in [4.69, 9.17) is 10.5 Å². The zero-order chi connectivity index (χ0) is 14.5. The number of nitrogens with one attached hydrogen (secondary N) is 2. The summed E-state index contributed by atoms with van der Waals surface area (Å²) < 4.78 is 30.1. The van der Waals surface area contributed by atoms with E-state index in [1.807, 2.05) is 0 Å². The van der Waals surface area contributed by atoms with Crippen molar-refractivity contribution in [2.45, 2.75) is 11.0 Å². The van der Waals surface area contributed by atoms with Crippen LogP contribution < -0.4 is 15.8 Å². The van der Waals surface area contributed by atoms with Crippen molar-refractivity contribution in [1.82, 2.24) is 4.72 Å². The number of hydrogen-bond donors (Lipinski definition) is 4. The van der Waals surface area contributed by atoms with Crippen LogP contribution in [0.2, 0.25) is 0 Å². The van der Waals surface area contributed by atoms with Crippen LogP contribution in [0.1, 0.15) is 0 Å². The average Bonchev–Trinajstić information content (AvgIpc) is 2.37. The van der Waals surface area contributed by atoms with Crippen LogP contribution in [-0.2, 0) is 14.8 Å². The molecule has 1 aromatic carbocycles. The summed E-state index contributed by atoms with van der Waals surface area (Å²) in [5, 5.41) is 12.4. The number of benzene rings is 1. The SMILES string of the molecule is CNS(=O)(=O)c1ccc(NCC(O)COC)c(N)c1. The van der Waals surface area contributed by atoms with Crippen molar-refractivity contribution in [3.63, 3.8) is 0 Å². The van der Waals surface area contributed by atoms with Gasteiger partial charge in [0.2, 0.25) is 10.0 Å². The number of aliphatic hydroxyl groups excluding tert-OH is 1. The van der Waals surface area contributed by atoms with Crippen LogP contribution in [0.3, 0.4) is 0 Å². The molecule has 0 bridgehead atoms. The van der Waals surface area contributed by atoms with Gasteiger partial charge in [0.1, 0.15) is 0 Å². The van der Waals surface area contributed by atoms with Crippen molar-refractivity contribution in [3.05, 3.63) is 18.2 Å². The van der Waals surface area contributed by atoms with Gasteiger partial charge in [-0.1, -0.05) is 0 Å². The zero-order valence-electron chi connectivity index (χ0n) is 10.9. The lowest BCUT2D eigenvalue weighted by atomic mass is 10.2. The Labute approximate surface area is 112 Å². The van der Waals surface area contributed by atoms with E-state index in [2.05, 4.69) is 10.0 Å². The number of nitrogen functional groups attached to an aromatic ring is 1. The van der Waals surface area contributed by atoms with Gasteiger partial charge in [-0.25, -0.2) is 13.1 Å². The van der Waals surface area contributed by atoms with Gasteiger partial charge < -0.3 is 20.9 Å². The molecule has 0 saturated carbocycles. The van der Waals surface area contributed by atoms with E-state index >= 15 is 0 Å². The summed E-state index contributed by atoms with van der Waals surface area (Å²) in [6.07, 6.45) is -0.662. The van der Waals surface area contributed by atoms with Crippen LogP contribution >= 0.6 is 0 Å². The molecule has 0 amide bonds. The molecule has 0 radical (unpaired) electrons. The quantitative estimate of drug-likeness (QED) is 0.508. The summed E-state index contributed by atoms with van der Waals surface area (Å²) in [6, 6.07) is 4.35. The maximum absolute atomic E-state index is 11.6. The van der Waals surface area contributed by atoms with Gasteiger partial charge in [0.15, 0.2) is 0 Å². The number of methoxy groups -OCH3 is 1. The highest BCUT2D eigenvalue weighted by atomic mass is 32.2. The Morgan fingerprint density at radius 1 is 1.47 bits per heavy atom. The predicted molar refractivity (Wildman–Crippen MR) is 73.5 cm³/mol. The molecule has 108 valence electrons. The van der Waals surface area contributed by atoms with Crippen molar-refractivity contribution < 1.29 is 18.3 Å². The summed E-state index contributed by atoms with van der Waals surface area (Å²) >= 11 is 0. The average molecular weight is 289 g/mol. The van der Waals surface area contributed by atoms with Gasteiger partial charge in [-0.3, -0.25) is 0 Å². The van der Waals surface area contributed by atoms with Crippen molar-refractivity contribution >= 4 is 21.4 Å². The molecule has 7 nitrogen and oxygen atoms in total. The largest absolute Gasteiger partial charge is 0.397 e. The highest BCUT2D eigenvalue weighted by Crippen LogP contribution is 2.22. The van der Waals surface area contributed by atoms with E-state index in [1.165, 1.54) is 26.3 Å². The molecule has 0 heterocycles. The molecular formula is C11H19N3O4S. The summed E-state index contributed by atoms with van der Waals surface area (Å²) in [4.78, 5) is 0.0930. The number of anilines is 2. The molecule has 0 saturated heterocycles. The normalized spacial score (nSPS) is 13.2. The molecule has 0 aliphatic heterocycles. The van der Waals surface area contributed by atoms with Crippen molar-refractivity contribution in [3.8, 4) is 0 Å². The highest BCUT2D eigenvalue weighted by molar-refractivity contribution is 7.89. The van der Waals surface area contributed by atoms with Crippen molar-refractivity contribution in [2.24, 2.45) is 0 Å². The number of ether oxygens (including phenoxy) is 1. The number of nitrogens with two attached hydrogens (primary N) is 1. The second-order valence-corrected chi connectivity index (χ2v) is 5.83. The molecule has 1 rings (SSSR count). The van der Waals surface area contributed by atoms with Gasteiger partial charge in [-0.05, 0) is 25.2 Å². The molecule has 1 atom stereocenters. The fourth-order valence-electron chi connectivity index (χ4n) is 1.47. The molecule has 0 spiro atoms. The third kappa shape index (κ3) is 4.35. The number of aliphatic hydroxyl groups is 1. The minimum Gasteiger partial charge on any atom is -0.397 e. The standard InChI is InChI=1S/C11H19N3O4S/c1-13-19(16,17)9-3-4-11(10(12)5-9)14-6-8(15)7-18-2/h3-5,8,13-15H,6-7,12H2,1-2H3. The number of rotatable bonds is 7. The van der Waals surface area contributed by atoms with E-state index in [0.717, 1.165) is 0 Å². The lowest BCUT2D eigenvalue weighted by molar-refractivity contribution is 0.0728. The fourth-order valence-corrected chi connectivity index (χ4v) is 2.23. The number of hydrogen-bond acceptors (Lipinski definition) is 6. The van der Waals surface area contributed by atoms with Crippen LogP contribution in [0.5, 0.6) is 0 Å². The topological polar surface area (TPSA) is 114 Å². The lowest BCUT2D eigenvalue weighted by Gasteiger charge is -2.14. The van der Waals surface area contributed by atoms with Gasteiger partial charge in [0, 0.05) is 13.7 Å². The van der Waals surface area contributed by atoms with Crippen LogP contribution in [0.15, 0.2) is 23.1 Å². The first-order valence-corrected chi connectivity index (χ1v) is 7.13. The summed E-state index contributed by atoms with van der Waals surface area (Å²) in [5.74, 6) is 0. The van der Waals surface area contributed by atoms with Gasteiger partial charge in [-0.15, -0.1) is 0 Å². The zero-order valence-corrected chi connectivity index (χ0v) is 11.7. The van der Waals surface area contributed by atoms with Gasteiger partial charge in [0.05, 0.1) is 29.0 Å². The van der Waals surface area contributed by atoms with Gasteiger partial charge in [-0.2, -0.15) is 0 Å². The van der Waals surface area contributed by atoms with E-state index in [9.17, 15) is 13.5 Å². The van der Waals surface area contributed by atoms with Crippen LogP contribution in [-0.4, -0.2) is 46.9 Å². The van der Waals surface area contributed by atoms with E-state index in [1.54, 1.807) is 6.07 Å². The molecule has 1 aromatic rings. The van der Waals surface area contributed by atoms with Crippen molar-refractivity contribution in [2.75, 3.05) is 38.4 Å². The minimum atomic E-state index is -3.50. The van der Waals surface area contributed by atoms with Gasteiger partial charge >= 0.3 is 0 Å². The molecule has 0 aliphatic rings. The lowest BCUT2D eigenvalue weighted by Crippen LogP contribution is -2.24. The Hall–Kier alpha value is -1.35. The second kappa shape index (κ2) is 6.71.